The number of ether oxygens (including phenoxy) is 4. The summed E-state index contributed by atoms with van der Waals surface area (Å²) in [5.41, 5.74) is 3.31. The van der Waals surface area contributed by atoms with Gasteiger partial charge in [0.1, 0.15) is 66.6 Å². The number of nitrogens with zero attached hydrogens (tertiary/aromatic N) is 4. The van der Waals surface area contributed by atoms with Crippen LogP contribution in [0.3, 0.4) is 0 Å². The lowest BCUT2D eigenvalue weighted by molar-refractivity contribution is -0.146. The van der Waals surface area contributed by atoms with Crippen molar-refractivity contribution in [3.63, 3.8) is 0 Å². The molecular formula is C86H115FN14O20. The van der Waals surface area contributed by atoms with Crippen LogP contribution in [0.5, 0.6) is 5.75 Å². The Morgan fingerprint density at radius 3 is 2.16 bits per heavy atom. The highest BCUT2D eigenvalue weighted by Crippen LogP contribution is 2.32. The number of carboxylic acids is 1. The van der Waals surface area contributed by atoms with Crippen LogP contribution in [0.1, 0.15) is 145 Å². The molecular weight excluding hydrogens is 1570 g/mol. The predicted octanol–water partition coefficient (Wildman–Crippen LogP) is 1.73. The Kier molecular flexibility index (Phi) is 35.4. The number of carboxylic acid groups (broad SMARTS) is 1. The first kappa shape index (κ1) is 93.4. The van der Waals surface area contributed by atoms with Gasteiger partial charge in [-0.3, -0.25) is 67.1 Å². The van der Waals surface area contributed by atoms with Gasteiger partial charge < -0.3 is 102 Å². The van der Waals surface area contributed by atoms with Gasteiger partial charge in [-0.25, -0.2) is 4.39 Å². The SMILES string of the molecule is COc1ccc(C[C@H](NC(=O)[C@@H](NC(C)=O)[C@@H](C)O)C(=O)N2CCC[C@@]2(C)C(=O)NCCc2ccc(CN3CCCCCCn4cc(c5cc(F)ccc54)C[C@@H]4NC(=O)[C@H](Cc5cccc(c5)CNC(=O)CO[C@H]5CCN(C4=O)C5C)NC(=O)[C@@H](C)NC(=O)[C@H](CNC(=O)COCCOCCNC(=O)CCCC(=O)O)NC(=O)CCC3=O)cc2)cc1. The van der Waals surface area contributed by atoms with Gasteiger partial charge in [0.2, 0.25) is 76.8 Å². The molecule has 4 aromatic carbocycles. The number of aliphatic carboxylic acids is 1. The highest BCUT2D eigenvalue weighted by Gasteiger charge is 2.48. The molecule has 9 rings (SSSR count). The number of hydrogen-bond acceptors (Lipinski definition) is 19. The van der Waals surface area contributed by atoms with Crippen LogP contribution in [-0.4, -0.2) is 252 Å². The van der Waals surface area contributed by atoms with Crippen LogP contribution >= 0.6 is 0 Å². The topological polar surface area (TPSA) is 451 Å². The van der Waals surface area contributed by atoms with E-state index in [0.29, 0.717) is 96.8 Å². The van der Waals surface area contributed by atoms with Crippen molar-refractivity contribution >= 4 is 93.7 Å². The summed E-state index contributed by atoms with van der Waals surface area (Å²) in [6.07, 6.45) is 2.99. The van der Waals surface area contributed by atoms with Gasteiger partial charge in [0.25, 0.3) is 0 Å². The fraction of sp³-hybridized carbons (Fsp3) is 0.535. The lowest BCUT2D eigenvalue weighted by Gasteiger charge is -2.36. The number of nitrogens with one attached hydrogen (secondary N) is 10. The summed E-state index contributed by atoms with van der Waals surface area (Å²) in [5.74, 6) is -9.03. The van der Waals surface area contributed by atoms with Crippen molar-refractivity contribution in [3.05, 3.63) is 136 Å². The number of carbonyl (C=O) groups excluding carboxylic acids is 13. The number of amides is 13. The quantitative estimate of drug-likeness (QED) is 0.0317. The van der Waals surface area contributed by atoms with Gasteiger partial charge in [0.15, 0.2) is 0 Å². The third-order valence-corrected chi connectivity index (χ3v) is 22.1. The number of aryl methyl sites for hydroxylation is 1. The molecule has 5 aromatic rings. The van der Waals surface area contributed by atoms with E-state index in [4.69, 9.17) is 24.1 Å². The Morgan fingerprint density at radius 2 is 1.42 bits per heavy atom. The van der Waals surface area contributed by atoms with E-state index in [1.54, 1.807) is 78.2 Å². The summed E-state index contributed by atoms with van der Waals surface area (Å²) in [6, 6.07) is 16.8. The summed E-state index contributed by atoms with van der Waals surface area (Å²) in [5, 5.41) is 47.0. The zero-order valence-corrected chi connectivity index (χ0v) is 69.6. The number of aliphatic hydroxyl groups is 1. The first-order valence-electron chi connectivity index (χ1n) is 41.4. The molecule has 8 bridgehead atoms. The van der Waals surface area contributed by atoms with Crippen LogP contribution < -0.4 is 57.9 Å². The number of rotatable bonds is 28. The van der Waals surface area contributed by atoms with Gasteiger partial charge in [-0.1, -0.05) is 73.5 Å². The first-order valence-corrected chi connectivity index (χ1v) is 41.4. The number of likely N-dealkylation sites (tertiary alicyclic amines) is 1. The zero-order valence-electron chi connectivity index (χ0n) is 69.6. The number of carbonyl (C=O) groups is 14. The molecule has 2 fully saturated rings. The van der Waals surface area contributed by atoms with Crippen LogP contribution in [0.2, 0.25) is 0 Å². The predicted molar refractivity (Wildman–Crippen MR) is 439 cm³/mol. The molecule has 121 heavy (non-hydrogen) atoms. The third-order valence-electron chi connectivity index (χ3n) is 22.1. The molecule has 0 spiro atoms. The summed E-state index contributed by atoms with van der Waals surface area (Å²) < 4.78 is 39.9. The molecule has 1 aromatic heterocycles. The highest BCUT2D eigenvalue weighted by molar-refractivity contribution is 5.98. The van der Waals surface area contributed by atoms with Crippen molar-refractivity contribution in [2.75, 3.05) is 79.4 Å². The molecule has 1 unspecified atom stereocenters. The third kappa shape index (κ3) is 28.1. The number of aliphatic hydroxyl groups excluding tert-OH is 1. The monoisotopic (exact) mass is 1680 g/mol. The second-order valence-electron chi connectivity index (χ2n) is 31.4. The van der Waals surface area contributed by atoms with Gasteiger partial charge >= 0.3 is 5.97 Å². The molecule has 0 radical (unpaired) electrons. The van der Waals surface area contributed by atoms with E-state index in [0.717, 1.165) is 11.1 Å². The summed E-state index contributed by atoms with van der Waals surface area (Å²) in [7, 11) is 1.51. The Morgan fingerprint density at radius 1 is 0.702 bits per heavy atom. The van der Waals surface area contributed by atoms with Crippen LogP contribution in [0.25, 0.3) is 10.9 Å². The fourth-order valence-electron chi connectivity index (χ4n) is 15.3. The van der Waals surface area contributed by atoms with Crippen molar-refractivity contribution in [3.8, 4) is 5.75 Å². The second-order valence-corrected chi connectivity index (χ2v) is 31.4. The van der Waals surface area contributed by atoms with Gasteiger partial charge in [-0.15, -0.1) is 0 Å². The molecule has 34 nitrogen and oxygen atoms in total. The maximum Gasteiger partial charge on any atom is 0.303 e. The number of benzene rings is 4. The number of hydrogen-bond donors (Lipinski definition) is 12. The Hall–Kier alpha value is -11.4. The molecule has 10 atom stereocenters. The smallest absolute Gasteiger partial charge is 0.303 e. The van der Waals surface area contributed by atoms with Crippen LogP contribution in [-0.2, 0) is 127 Å². The van der Waals surface area contributed by atoms with E-state index in [-0.39, 0.29) is 123 Å². The van der Waals surface area contributed by atoms with Crippen LogP contribution in [0.15, 0.2) is 97.2 Å². The summed E-state index contributed by atoms with van der Waals surface area (Å²) in [4.78, 5) is 197. The standard InChI is InChI=1S/C86H115FN14O20/c1-53-79(111)95-66-44-60-14-11-15-61(42-60)47-90-75(107)52-121-71-31-38-100(54(71)2)83(115)68(96-80(66)112)45-62-50-98(70-27-24-63(87)46-65(62)70)35-9-7-8-10-36-99(76(108)29-28-73(105)94-69(81(113)92-53)48-91-74(106)51-120-41-40-119-39-34-88-72(104)16-12-17-77(109)110)49-59-20-18-57(19-21-59)30-33-89-85(117)86(5)32-13-37-101(86)84(116)67(43-58-22-25-64(118-6)26-23-58)97-82(114)78(55(3)102)93-56(4)103/h11,14-15,18-27,42,46,50,53-55,66-69,71,78,102H,7-10,12-13,16-17,28-41,43-45,47-49,51-52H2,1-6H3,(H,88,104)(H,89,117)(H,90,107)(H,91,106)(H,92,113)(H,93,103)(H,94,105)(H,95,111)(H,96,112)(H,97,114)(H,109,110)/t53-,54?,55-,66+,67+,68+,69+,71+,78+,86+/m1/s1. The lowest BCUT2D eigenvalue weighted by atomic mass is 9.95. The average molecular weight is 1680 g/mol. The maximum absolute atomic E-state index is 15.5. The van der Waals surface area contributed by atoms with E-state index in [2.05, 4.69) is 53.2 Å². The number of halogens is 1. The van der Waals surface area contributed by atoms with E-state index in [1.807, 2.05) is 35.0 Å². The van der Waals surface area contributed by atoms with Gasteiger partial charge in [-0.05, 0) is 136 Å². The zero-order chi connectivity index (χ0) is 87.3. The van der Waals surface area contributed by atoms with E-state index >= 15 is 14.0 Å². The molecule has 4 aliphatic rings. The largest absolute Gasteiger partial charge is 0.497 e. The molecule has 2 saturated heterocycles. The van der Waals surface area contributed by atoms with Gasteiger partial charge in [-0.2, -0.15) is 0 Å². The molecule has 4 aliphatic heterocycles. The molecule has 0 aliphatic carbocycles. The lowest BCUT2D eigenvalue weighted by Crippen LogP contribution is -2.62. The first-order chi connectivity index (χ1) is 57.9. The summed E-state index contributed by atoms with van der Waals surface area (Å²) in [6.45, 7) is 7.64. The fourth-order valence-corrected chi connectivity index (χ4v) is 15.3. The summed E-state index contributed by atoms with van der Waals surface area (Å²) >= 11 is 0. The number of fused-ring (bicyclic) bond motifs is 12. The molecule has 13 amide bonds. The normalized spacial score (nSPS) is 21.6. The van der Waals surface area contributed by atoms with Crippen molar-refractivity contribution in [2.24, 2.45) is 0 Å². The van der Waals surface area contributed by atoms with E-state index in [1.165, 1.54) is 44.9 Å². The minimum absolute atomic E-state index is 0.0127. The molecule has 35 heteroatoms. The van der Waals surface area contributed by atoms with Gasteiger partial charge in [0.05, 0.1) is 45.2 Å². The minimum Gasteiger partial charge on any atom is -0.497 e. The van der Waals surface area contributed by atoms with Crippen molar-refractivity contribution in [1.29, 1.82) is 0 Å². The Bertz CT molecular complexity index is 4470. The number of methoxy groups -OCH3 is 1. The average Bonchev–Trinajstić information content (AvgIpc) is 1.66. The molecule has 0 saturated carbocycles. The highest BCUT2D eigenvalue weighted by atomic mass is 19.1. The number of aromatic nitrogens is 1. The van der Waals surface area contributed by atoms with Crippen molar-refractivity contribution < 1.29 is 101 Å². The van der Waals surface area contributed by atoms with Crippen molar-refractivity contribution in [2.45, 2.75) is 217 Å². The molecule has 656 valence electrons. The van der Waals surface area contributed by atoms with Crippen molar-refractivity contribution in [1.82, 2.24) is 72.4 Å². The molecule has 12 N–H and O–H groups in total. The van der Waals surface area contributed by atoms with Gasteiger partial charge in [0, 0.05) is 128 Å². The molecule has 5 heterocycles. The maximum atomic E-state index is 15.5. The van der Waals surface area contributed by atoms with Crippen LogP contribution in [0, 0.1) is 5.82 Å². The van der Waals surface area contributed by atoms with E-state index in [9.17, 15) is 62.6 Å². The Balaban J connectivity index is 0.921. The van der Waals surface area contributed by atoms with Crippen LogP contribution in [0.4, 0.5) is 4.39 Å². The Labute approximate surface area is 702 Å². The van der Waals surface area contributed by atoms with E-state index < -0.39 is 162 Å². The minimum atomic E-state index is -1.58. The second kappa shape index (κ2) is 45.8.